The van der Waals surface area contributed by atoms with Crippen molar-refractivity contribution in [2.24, 2.45) is 0 Å². The highest BCUT2D eigenvalue weighted by Crippen LogP contribution is 2.16. The summed E-state index contributed by atoms with van der Waals surface area (Å²) in [5.74, 6) is 0. The number of benzene rings is 1. The summed E-state index contributed by atoms with van der Waals surface area (Å²) in [6.45, 7) is 0. The first kappa shape index (κ1) is 8.79. The molecule has 9 heavy (non-hydrogen) atoms. The second kappa shape index (κ2) is 3.75. The number of hydrogen-bond donors (Lipinski definition) is 1. The SMILES string of the molecule is Cl.N[14c]1[14cH][14cH][14cH][14cH][14c]1Br. The van der Waals surface area contributed by atoms with E-state index in [0.29, 0.717) is 0 Å². The van der Waals surface area contributed by atoms with E-state index in [2.05, 4.69) is 15.9 Å². The molecule has 0 saturated heterocycles. The molecule has 0 spiro atoms. The third-order valence-electron chi connectivity index (χ3n) is 0.905. The van der Waals surface area contributed by atoms with Gasteiger partial charge in [0.05, 0.1) is 0 Å². The Morgan fingerprint density at radius 2 is 1.78 bits per heavy atom. The number of halogens is 2. The first-order valence-corrected chi connectivity index (χ1v) is 3.10. The summed E-state index contributed by atoms with van der Waals surface area (Å²) in [6, 6.07) is 7.60. The Kier molecular flexibility index (Phi) is 3.66. The van der Waals surface area contributed by atoms with E-state index < -0.39 is 0 Å². The fraction of sp³-hybridized carbons (Fsp3) is 0. The van der Waals surface area contributed by atoms with Crippen molar-refractivity contribution in [1.29, 1.82) is 0 Å². The van der Waals surface area contributed by atoms with E-state index in [-0.39, 0.29) is 12.4 Å². The van der Waals surface area contributed by atoms with Crippen LogP contribution in [0.15, 0.2) is 28.7 Å². The van der Waals surface area contributed by atoms with Gasteiger partial charge in [0.25, 0.3) is 0 Å². The van der Waals surface area contributed by atoms with Crippen LogP contribution in [0.1, 0.15) is 0 Å². The lowest BCUT2D eigenvalue weighted by Gasteiger charge is -1.91. The molecule has 0 radical (unpaired) electrons. The van der Waals surface area contributed by atoms with E-state index >= 15 is 0 Å². The van der Waals surface area contributed by atoms with Crippen molar-refractivity contribution < 1.29 is 0 Å². The Hall–Kier alpha value is -0.210. The van der Waals surface area contributed by atoms with E-state index in [1.54, 1.807) is 0 Å². The van der Waals surface area contributed by atoms with Crippen LogP contribution in [-0.2, 0) is 0 Å². The number of para-hydroxylation sites is 1. The van der Waals surface area contributed by atoms with Gasteiger partial charge in [-0.05, 0) is 28.1 Å². The lowest BCUT2D eigenvalue weighted by atomic mass is 12.2. The normalized spacial score (nSPS) is 8.11. The summed E-state index contributed by atoms with van der Waals surface area (Å²) >= 11 is 3.27. The Balaban J connectivity index is 0.000000640. The summed E-state index contributed by atoms with van der Waals surface area (Å²) in [5.41, 5.74) is 6.26. The van der Waals surface area contributed by atoms with Gasteiger partial charge < -0.3 is 5.73 Å². The van der Waals surface area contributed by atoms with Gasteiger partial charge in [-0.15, -0.1) is 12.4 Å². The molecule has 1 rings (SSSR count). The summed E-state index contributed by atoms with van der Waals surface area (Å²) < 4.78 is 0.958. The average Bonchev–Trinajstić information content (AvgIpc) is 1.77. The molecule has 2 N–H and O–H groups in total. The van der Waals surface area contributed by atoms with Crippen molar-refractivity contribution in [3.05, 3.63) is 28.7 Å². The molecular formula is C6H7BrClN. The minimum atomic E-state index is 0. The third-order valence-corrected chi connectivity index (χ3v) is 1.63. The van der Waals surface area contributed by atoms with E-state index in [0.717, 1.165) is 10.2 Å². The highest BCUT2D eigenvalue weighted by molar-refractivity contribution is 9.10. The average molecular weight is 220 g/mol. The second-order valence-corrected chi connectivity index (χ2v) is 2.38. The Bertz CT molecular complexity index is 169. The van der Waals surface area contributed by atoms with Crippen molar-refractivity contribution in [3.63, 3.8) is 0 Å². The molecule has 0 aliphatic carbocycles. The fourth-order valence-corrected chi connectivity index (χ4v) is 0.760. The molecule has 0 heterocycles. The topological polar surface area (TPSA) is 26.0 Å². The summed E-state index contributed by atoms with van der Waals surface area (Å²) in [5, 5.41) is 0. The van der Waals surface area contributed by atoms with Gasteiger partial charge in [-0.2, -0.15) is 0 Å². The highest BCUT2D eigenvalue weighted by Gasteiger charge is 1.86. The first-order valence-electron chi connectivity index (χ1n) is 2.31. The minimum Gasteiger partial charge on any atom is -0.398 e. The zero-order chi connectivity index (χ0) is 5.98. The van der Waals surface area contributed by atoms with Crippen molar-refractivity contribution in [2.75, 3.05) is 5.73 Å². The van der Waals surface area contributed by atoms with Crippen LogP contribution in [0.2, 0.25) is 0 Å². The summed E-state index contributed by atoms with van der Waals surface area (Å²) in [4.78, 5) is 0. The maximum Gasteiger partial charge on any atom is 0.0458 e. The molecule has 1 aromatic carbocycles. The quantitative estimate of drug-likeness (QED) is 0.668. The highest BCUT2D eigenvalue weighted by atomic mass is 79.9. The van der Waals surface area contributed by atoms with Gasteiger partial charge >= 0.3 is 0 Å². The molecule has 1 nitrogen and oxygen atoms in total. The number of nitrogens with two attached hydrogens (primary N) is 1. The fourth-order valence-electron chi connectivity index (χ4n) is 0.475. The molecular weight excluding hydrogens is 213 g/mol. The number of rotatable bonds is 0. The van der Waals surface area contributed by atoms with E-state index in [1.807, 2.05) is 24.3 Å². The third kappa shape index (κ3) is 2.24. The molecule has 0 unspecified atom stereocenters. The molecule has 3 heteroatoms. The maximum absolute atomic E-state index is 5.47. The van der Waals surface area contributed by atoms with E-state index in [4.69, 9.17) is 5.73 Å². The Morgan fingerprint density at radius 3 is 2.11 bits per heavy atom. The molecule has 50 valence electrons. The van der Waals surface area contributed by atoms with Crippen LogP contribution in [0.5, 0.6) is 0 Å². The predicted octanol–water partition coefficient (Wildman–Crippen LogP) is 2.45. The van der Waals surface area contributed by atoms with Gasteiger partial charge in [0, 0.05) is 10.2 Å². The van der Waals surface area contributed by atoms with Crippen LogP contribution in [0.4, 0.5) is 5.69 Å². The Morgan fingerprint density at radius 1 is 1.22 bits per heavy atom. The lowest BCUT2D eigenvalue weighted by molar-refractivity contribution is 1.63. The standard InChI is InChI=1S/C6H6BrN.ClH/c7-5-3-1-2-4-6(5)8;/h1-4H,8H2;1H/i1+2,2+2,3+2,4+2,5+2,6+2;. The molecule has 0 atom stereocenters. The van der Waals surface area contributed by atoms with Crippen LogP contribution < -0.4 is 5.73 Å². The van der Waals surface area contributed by atoms with Crippen LogP contribution >= 0.6 is 28.3 Å². The number of hydrogen-bond acceptors (Lipinski definition) is 1. The van der Waals surface area contributed by atoms with Gasteiger partial charge in [0.15, 0.2) is 0 Å². The van der Waals surface area contributed by atoms with Crippen LogP contribution in [0, 0.1) is 0 Å². The van der Waals surface area contributed by atoms with Crippen molar-refractivity contribution in [3.8, 4) is 0 Å². The first-order chi connectivity index (χ1) is 3.80. The molecule has 0 aliphatic heterocycles. The molecule has 0 aliphatic rings. The molecule has 0 saturated carbocycles. The van der Waals surface area contributed by atoms with Gasteiger partial charge in [-0.25, -0.2) is 0 Å². The van der Waals surface area contributed by atoms with Gasteiger partial charge in [-0.1, -0.05) is 12.1 Å². The molecule has 0 bridgehead atoms. The molecule has 0 aromatic heterocycles. The van der Waals surface area contributed by atoms with Crippen molar-refractivity contribution >= 4 is 34.0 Å². The molecule has 1 aromatic rings. The number of nitrogen functional groups attached to an aromatic ring is 1. The van der Waals surface area contributed by atoms with Crippen molar-refractivity contribution in [1.82, 2.24) is 0 Å². The van der Waals surface area contributed by atoms with Gasteiger partial charge in [-0.3, -0.25) is 0 Å². The van der Waals surface area contributed by atoms with Gasteiger partial charge in [0.2, 0.25) is 0 Å². The lowest BCUT2D eigenvalue weighted by Crippen LogP contribution is -1.82. The molecule has 0 amide bonds. The van der Waals surface area contributed by atoms with Crippen LogP contribution in [-0.4, -0.2) is 0 Å². The zero-order valence-corrected chi connectivity index (χ0v) is 7.08. The van der Waals surface area contributed by atoms with Crippen LogP contribution in [0.25, 0.3) is 0 Å². The monoisotopic (exact) mass is 219 g/mol. The Labute approximate surface area is 68.8 Å². The zero-order valence-electron chi connectivity index (χ0n) is 4.67. The minimum absolute atomic E-state index is 0. The summed E-state index contributed by atoms with van der Waals surface area (Å²) in [7, 11) is 0. The molecule has 0 fully saturated rings. The van der Waals surface area contributed by atoms with Gasteiger partial charge in [0.1, 0.15) is 0 Å². The van der Waals surface area contributed by atoms with E-state index in [1.165, 1.54) is 0 Å². The van der Waals surface area contributed by atoms with E-state index in [9.17, 15) is 0 Å². The smallest absolute Gasteiger partial charge is 0.0458 e. The summed E-state index contributed by atoms with van der Waals surface area (Å²) in [6.07, 6.45) is 0. The largest absolute Gasteiger partial charge is 0.398 e. The van der Waals surface area contributed by atoms with Crippen LogP contribution in [0.3, 0.4) is 0 Å². The maximum atomic E-state index is 5.47. The second-order valence-electron chi connectivity index (χ2n) is 1.52. The predicted molar refractivity (Wildman–Crippen MR) is 45.8 cm³/mol. The number of anilines is 1. The van der Waals surface area contributed by atoms with Crippen molar-refractivity contribution in [2.45, 2.75) is 0 Å².